The fourth-order valence-corrected chi connectivity index (χ4v) is 5.71. The van der Waals surface area contributed by atoms with Crippen molar-refractivity contribution < 1.29 is 4.42 Å². The Morgan fingerprint density at radius 3 is 2.60 bits per heavy atom. The molecule has 5 aromatic rings. The van der Waals surface area contributed by atoms with Gasteiger partial charge in [-0.3, -0.25) is 9.97 Å². The number of aryl methyl sites for hydroxylation is 1. The lowest BCUT2D eigenvalue weighted by Crippen LogP contribution is -2.12. The third-order valence-electron chi connectivity index (χ3n) is 7.27. The number of benzene rings is 2. The van der Waals surface area contributed by atoms with E-state index in [-0.39, 0.29) is 5.41 Å². The van der Waals surface area contributed by atoms with E-state index in [1.807, 2.05) is 12.4 Å². The van der Waals surface area contributed by atoms with Crippen molar-refractivity contribution in [3.8, 4) is 22.4 Å². The summed E-state index contributed by atoms with van der Waals surface area (Å²) in [6.07, 6.45) is 8.98. The van der Waals surface area contributed by atoms with Crippen LogP contribution in [0.4, 0.5) is 0 Å². The first-order valence-electron chi connectivity index (χ1n) is 12.7. The molecule has 0 aliphatic heterocycles. The molecule has 2 aromatic carbocycles. The zero-order valence-electron chi connectivity index (χ0n) is 21.3. The Balaban J connectivity index is 1.58. The molecule has 0 atom stereocenters. The maximum Gasteiger partial charge on any atom is 0.161 e. The van der Waals surface area contributed by atoms with Crippen LogP contribution in [-0.2, 0) is 24.7 Å². The van der Waals surface area contributed by atoms with Gasteiger partial charge in [0, 0.05) is 47.1 Å². The third-order valence-corrected chi connectivity index (χ3v) is 7.27. The second-order valence-electron chi connectivity index (χ2n) is 11.4. The minimum absolute atomic E-state index is 0.0172. The standard InChI is InChI=1S/C32H32N2O/c1-19(2)14-22-17-33-18-26-23(22)10-11-28-29(26)25-12-13-34-30(31(25)35-28)21-15-20-8-6-7-9-24(20)27(16-21)32(3,4)5/h6-9,12-13,15-19H,10-11,14H2,1-5H3. The number of hydrogen-bond acceptors (Lipinski definition) is 3. The summed E-state index contributed by atoms with van der Waals surface area (Å²) in [5, 5.41) is 3.67. The number of rotatable bonds is 3. The van der Waals surface area contributed by atoms with Gasteiger partial charge in [-0.15, -0.1) is 0 Å². The smallest absolute Gasteiger partial charge is 0.161 e. The van der Waals surface area contributed by atoms with Crippen LogP contribution in [-0.4, -0.2) is 9.97 Å². The van der Waals surface area contributed by atoms with E-state index in [9.17, 15) is 0 Å². The number of furan rings is 1. The Labute approximate surface area is 207 Å². The van der Waals surface area contributed by atoms with E-state index < -0.39 is 0 Å². The molecule has 35 heavy (non-hydrogen) atoms. The van der Waals surface area contributed by atoms with E-state index in [0.29, 0.717) is 5.92 Å². The summed E-state index contributed by atoms with van der Waals surface area (Å²) < 4.78 is 6.60. The first kappa shape index (κ1) is 22.0. The SMILES string of the molecule is CC(C)Cc1cncc2c1CCc1oc3c(-c4cc(C(C)(C)C)c5ccccc5c4)nccc3c1-2. The van der Waals surface area contributed by atoms with Crippen LogP contribution >= 0.6 is 0 Å². The van der Waals surface area contributed by atoms with Gasteiger partial charge in [-0.05, 0) is 69.8 Å². The summed E-state index contributed by atoms with van der Waals surface area (Å²) in [6, 6.07) is 15.3. The number of nitrogens with zero attached hydrogens (tertiary/aromatic N) is 2. The van der Waals surface area contributed by atoms with Crippen LogP contribution in [0.25, 0.3) is 44.1 Å². The third kappa shape index (κ3) is 3.65. The van der Waals surface area contributed by atoms with Gasteiger partial charge in [-0.25, -0.2) is 0 Å². The van der Waals surface area contributed by atoms with Gasteiger partial charge in [0.1, 0.15) is 11.5 Å². The molecule has 0 amide bonds. The van der Waals surface area contributed by atoms with E-state index in [0.717, 1.165) is 47.2 Å². The van der Waals surface area contributed by atoms with Gasteiger partial charge in [-0.2, -0.15) is 0 Å². The average molecular weight is 461 g/mol. The summed E-state index contributed by atoms with van der Waals surface area (Å²) in [4.78, 5) is 9.49. The molecule has 0 fully saturated rings. The molecule has 0 saturated carbocycles. The molecule has 1 aliphatic carbocycles. The molecule has 0 saturated heterocycles. The van der Waals surface area contributed by atoms with Gasteiger partial charge >= 0.3 is 0 Å². The molecule has 3 heterocycles. The van der Waals surface area contributed by atoms with Crippen molar-refractivity contribution in [3.63, 3.8) is 0 Å². The second kappa shape index (κ2) is 8.05. The molecule has 0 N–H and O–H groups in total. The van der Waals surface area contributed by atoms with E-state index in [2.05, 4.69) is 88.3 Å². The zero-order valence-corrected chi connectivity index (χ0v) is 21.3. The Morgan fingerprint density at radius 1 is 0.971 bits per heavy atom. The fraction of sp³-hybridized carbons (Fsp3) is 0.312. The van der Waals surface area contributed by atoms with Crippen LogP contribution in [0.2, 0.25) is 0 Å². The van der Waals surface area contributed by atoms with Gasteiger partial charge in [0.05, 0.1) is 0 Å². The van der Waals surface area contributed by atoms with Crippen LogP contribution in [0.3, 0.4) is 0 Å². The normalized spacial score (nSPS) is 13.4. The van der Waals surface area contributed by atoms with E-state index in [1.54, 1.807) is 0 Å². The van der Waals surface area contributed by atoms with Crippen molar-refractivity contribution in [1.29, 1.82) is 0 Å². The van der Waals surface area contributed by atoms with Gasteiger partial charge in [0.15, 0.2) is 5.58 Å². The number of hydrogen-bond donors (Lipinski definition) is 0. The maximum atomic E-state index is 6.60. The minimum Gasteiger partial charge on any atom is -0.458 e. The molecular weight excluding hydrogens is 428 g/mol. The molecule has 0 bridgehead atoms. The number of aromatic nitrogens is 2. The van der Waals surface area contributed by atoms with Gasteiger partial charge < -0.3 is 4.42 Å². The Morgan fingerprint density at radius 2 is 1.80 bits per heavy atom. The molecule has 0 unspecified atom stereocenters. The number of pyridine rings is 2. The maximum absolute atomic E-state index is 6.60. The average Bonchev–Trinajstić information content (AvgIpc) is 3.22. The summed E-state index contributed by atoms with van der Waals surface area (Å²) in [5.41, 5.74) is 9.50. The van der Waals surface area contributed by atoms with Crippen LogP contribution in [0, 0.1) is 5.92 Å². The van der Waals surface area contributed by atoms with Crippen LogP contribution in [0.5, 0.6) is 0 Å². The molecule has 0 spiro atoms. The van der Waals surface area contributed by atoms with Crippen LogP contribution in [0.1, 0.15) is 57.1 Å². The van der Waals surface area contributed by atoms with Crippen molar-refractivity contribution >= 4 is 21.7 Å². The predicted molar refractivity (Wildman–Crippen MR) is 145 cm³/mol. The second-order valence-corrected chi connectivity index (χ2v) is 11.4. The molecular formula is C32H32N2O. The highest BCUT2D eigenvalue weighted by Crippen LogP contribution is 2.44. The van der Waals surface area contributed by atoms with E-state index in [4.69, 9.17) is 9.40 Å². The van der Waals surface area contributed by atoms with Crippen molar-refractivity contribution in [3.05, 3.63) is 83.5 Å². The Bertz CT molecular complexity index is 1580. The molecule has 3 aromatic heterocycles. The van der Waals surface area contributed by atoms with E-state index >= 15 is 0 Å². The first-order valence-corrected chi connectivity index (χ1v) is 12.7. The number of fused-ring (bicyclic) bond motifs is 6. The summed E-state index contributed by atoms with van der Waals surface area (Å²) >= 11 is 0. The summed E-state index contributed by atoms with van der Waals surface area (Å²) in [7, 11) is 0. The highest BCUT2D eigenvalue weighted by atomic mass is 16.3. The molecule has 0 radical (unpaired) electrons. The molecule has 1 aliphatic rings. The van der Waals surface area contributed by atoms with Crippen molar-refractivity contribution in [2.75, 3.05) is 0 Å². The lowest BCUT2D eigenvalue weighted by Gasteiger charge is -2.22. The van der Waals surface area contributed by atoms with Crippen molar-refractivity contribution in [1.82, 2.24) is 9.97 Å². The van der Waals surface area contributed by atoms with Crippen molar-refractivity contribution in [2.24, 2.45) is 5.92 Å². The minimum atomic E-state index is 0.0172. The lowest BCUT2D eigenvalue weighted by atomic mass is 9.82. The first-order chi connectivity index (χ1) is 16.8. The highest BCUT2D eigenvalue weighted by Gasteiger charge is 2.27. The van der Waals surface area contributed by atoms with Crippen LogP contribution < -0.4 is 0 Å². The Kier molecular flexibility index (Phi) is 5.07. The Hall–Kier alpha value is -3.46. The summed E-state index contributed by atoms with van der Waals surface area (Å²) in [5.74, 6) is 1.66. The quantitative estimate of drug-likeness (QED) is 0.272. The molecule has 176 valence electrons. The van der Waals surface area contributed by atoms with Gasteiger partial charge in [0.25, 0.3) is 0 Å². The lowest BCUT2D eigenvalue weighted by molar-refractivity contribution is 0.544. The van der Waals surface area contributed by atoms with Gasteiger partial charge in [-0.1, -0.05) is 58.9 Å². The van der Waals surface area contributed by atoms with E-state index in [1.165, 1.54) is 38.6 Å². The fourth-order valence-electron chi connectivity index (χ4n) is 5.71. The van der Waals surface area contributed by atoms with Crippen molar-refractivity contribution in [2.45, 2.75) is 59.3 Å². The molecule has 3 nitrogen and oxygen atoms in total. The summed E-state index contributed by atoms with van der Waals surface area (Å²) in [6.45, 7) is 11.4. The topological polar surface area (TPSA) is 38.9 Å². The highest BCUT2D eigenvalue weighted by molar-refractivity contribution is 6.03. The molecule has 6 rings (SSSR count). The van der Waals surface area contributed by atoms with Gasteiger partial charge in [0.2, 0.25) is 0 Å². The predicted octanol–water partition coefficient (Wildman–Crippen LogP) is 8.30. The largest absolute Gasteiger partial charge is 0.458 e. The van der Waals surface area contributed by atoms with Crippen LogP contribution in [0.15, 0.2) is 65.5 Å². The molecule has 3 heteroatoms. The zero-order chi connectivity index (χ0) is 24.3. The monoisotopic (exact) mass is 460 g/mol.